The molecule has 0 spiro atoms. The van der Waals surface area contributed by atoms with Crippen LogP contribution in [0.15, 0.2) is 0 Å². The average molecular weight is 556 g/mol. The Morgan fingerprint density at radius 2 is 0.700 bits per heavy atom. The maximum atomic E-state index is 5.23. The summed E-state index contributed by atoms with van der Waals surface area (Å²) >= 11 is 0. The van der Waals surface area contributed by atoms with Crippen LogP contribution in [0.5, 0.6) is 0 Å². The van der Waals surface area contributed by atoms with Crippen LogP contribution in [0.25, 0.3) is 0 Å². The third-order valence-corrected chi connectivity index (χ3v) is 8.69. The molecular weight excluding hydrogens is 484 g/mol. The number of nitrogens with zero attached hydrogens (tertiary/aromatic N) is 2. The van der Waals surface area contributed by atoms with Crippen LogP contribution in [0.1, 0.15) is 210 Å². The Morgan fingerprint density at radius 1 is 0.375 bits per heavy atom. The van der Waals surface area contributed by atoms with Gasteiger partial charge in [0, 0.05) is 17.8 Å². The Morgan fingerprint density at radius 3 is 1.05 bits per heavy atom. The van der Waals surface area contributed by atoms with E-state index in [2.05, 4.69) is 27.7 Å². The molecule has 0 aliphatic rings. The van der Waals surface area contributed by atoms with E-state index in [-0.39, 0.29) is 0 Å². The molecule has 40 heavy (non-hydrogen) atoms. The molecule has 1 aromatic heterocycles. The molecule has 1 aromatic rings. The highest BCUT2D eigenvalue weighted by atomic mass is 14.9. The Bertz CT molecular complexity index is 626. The summed E-state index contributed by atoms with van der Waals surface area (Å²) in [5.74, 6) is 1.10. The molecule has 1 rings (SSSR count). The van der Waals surface area contributed by atoms with Crippen molar-refractivity contribution in [1.82, 2.24) is 9.97 Å². The van der Waals surface area contributed by atoms with Gasteiger partial charge in [0.1, 0.15) is 5.82 Å². The predicted octanol–water partition coefficient (Wildman–Crippen LogP) is 12.7. The van der Waals surface area contributed by atoms with Gasteiger partial charge >= 0.3 is 0 Å². The fraction of sp³-hybridized carbons (Fsp3) is 0.868. The Hall–Kier alpha value is -0.920. The van der Waals surface area contributed by atoms with E-state index in [1.807, 2.05) is 0 Å². The lowest BCUT2D eigenvalue weighted by Gasteiger charge is -2.16. The van der Waals surface area contributed by atoms with Crippen molar-refractivity contribution < 1.29 is 0 Å². The first kappa shape index (κ1) is 37.1. The topological polar surface area (TPSA) is 25.8 Å². The molecule has 1 heterocycles. The van der Waals surface area contributed by atoms with E-state index in [0.717, 1.165) is 37.9 Å². The summed E-state index contributed by atoms with van der Waals surface area (Å²) in [7, 11) is 0. The van der Waals surface area contributed by atoms with Crippen LogP contribution < -0.4 is 0 Å². The van der Waals surface area contributed by atoms with Gasteiger partial charge in [-0.1, -0.05) is 169 Å². The van der Waals surface area contributed by atoms with Crippen molar-refractivity contribution >= 4 is 0 Å². The van der Waals surface area contributed by atoms with Gasteiger partial charge in [-0.2, -0.15) is 0 Å². The number of aromatic nitrogens is 2. The van der Waals surface area contributed by atoms with Gasteiger partial charge in [0.05, 0.1) is 0 Å². The van der Waals surface area contributed by atoms with Gasteiger partial charge in [-0.25, -0.2) is 9.97 Å². The maximum Gasteiger partial charge on any atom is 0.128 e. The van der Waals surface area contributed by atoms with Crippen molar-refractivity contribution in [3.05, 3.63) is 29.7 Å². The van der Waals surface area contributed by atoms with E-state index in [4.69, 9.17) is 9.97 Å². The van der Waals surface area contributed by atoms with Crippen LogP contribution in [-0.4, -0.2) is 9.97 Å². The minimum atomic E-state index is 0.976. The SMILES string of the molecule is [CH2]CCCc1nc(CCCCCCCCCC)c(CCCCCCCCCC)c(CCCCCCCCCC)n1. The summed E-state index contributed by atoms with van der Waals surface area (Å²) in [6.45, 7) is 11.0. The Kier molecular flexibility index (Phi) is 26.2. The molecule has 0 unspecified atom stereocenters. The molecule has 0 aromatic carbocycles. The highest BCUT2D eigenvalue weighted by molar-refractivity contribution is 5.27. The van der Waals surface area contributed by atoms with Crippen LogP contribution >= 0.6 is 0 Å². The van der Waals surface area contributed by atoms with Crippen molar-refractivity contribution in [2.75, 3.05) is 0 Å². The first-order chi connectivity index (χ1) is 19.8. The molecule has 0 bridgehead atoms. The fourth-order valence-electron chi connectivity index (χ4n) is 6.02. The van der Waals surface area contributed by atoms with E-state index < -0.39 is 0 Å². The Labute approximate surface area is 252 Å². The van der Waals surface area contributed by atoms with E-state index >= 15 is 0 Å². The fourth-order valence-corrected chi connectivity index (χ4v) is 6.02. The third kappa shape index (κ3) is 20.0. The maximum absolute atomic E-state index is 5.23. The third-order valence-electron chi connectivity index (χ3n) is 8.69. The van der Waals surface area contributed by atoms with Crippen LogP contribution in [0, 0.1) is 6.92 Å². The number of rotatable bonds is 30. The van der Waals surface area contributed by atoms with Gasteiger partial charge < -0.3 is 0 Å². The monoisotopic (exact) mass is 556 g/mol. The van der Waals surface area contributed by atoms with Gasteiger partial charge in [0.25, 0.3) is 0 Å². The number of hydrogen-bond donors (Lipinski definition) is 0. The summed E-state index contributed by atoms with van der Waals surface area (Å²) in [5, 5.41) is 0. The molecule has 0 fully saturated rings. The van der Waals surface area contributed by atoms with Gasteiger partial charge in [-0.3, -0.25) is 0 Å². The van der Waals surface area contributed by atoms with E-state index in [1.54, 1.807) is 5.56 Å². The largest absolute Gasteiger partial charge is 0.238 e. The lowest BCUT2D eigenvalue weighted by molar-refractivity contribution is 0.561. The first-order valence-electron chi connectivity index (χ1n) is 18.4. The number of aryl methyl sites for hydroxylation is 3. The minimum Gasteiger partial charge on any atom is -0.238 e. The molecule has 1 radical (unpaired) electrons. The molecule has 0 aliphatic carbocycles. The second-order valence-corrected chi connectivity index (χ2v) is 12.6. The van der Waals surface area contributed by atoms with Gasteiger partial charge in [0.2, 0.25) is 0 Å². The normalized spacial score (nSPS) is 11.5. The van der Waals surface area contributed by atoms with Crippen LogP contribution in [0.4, 0.5) is 0 Å². The molecule has 0 N–H and O–H groups in total. The van der Waals surface area contributed by atoms with Gasteiger partial charge in [-0.15, -0.1) is 0 Å². The van der Waals surface area contributed by atoms with Crippen molar-refractivity contribution in [1.29, 1.82) is 0 Å². The summed E-state index contributed by atoms with van der Waals surface area (Å²) in [5.41, 5.74) is 4.38. The molecule has 0 amide bonds. The lowest BCUT2D eigenvalue weighted by atomic mass is 9.96. The van der Waals surface area contributed by atoms with Crippen molar-refractivity contribution in [3.63, 3.8) is 0 Å². The second-order valence-electron chi connectivity index (χ2n) is 12.6. The summed E-state index contributed by atoms with van der Waals surface area (Å²) in [6, 6.07) is 0. The zero-order valence-electron chi connectivity index (χ0n) is 27.8. The minimum absolute atomic E-state index is 0.976. The zero-order chi connectivity index (χ0) is 28.9. The standard InChI is InChI=1S/C38H71N2/c1-5-9-13-16-19-22-25-28-31-35-36(32-29-26-23-20-17-14-10-6-2)39-38(34-12-8-4)40-37(35)33-30-27-24-21-18-15-11-7-3/h4-34H2,1-3H3. The van der Waals surface area contributed by atoms with Crippen LogP contribution in [0.3, 0.4) is 0 Å². The average Bonchev–Trinajstić information content (AvgIpc) is 2.96. The van der Waals surface area contributed by atoms with Crippen LogP contribution in [0.2, 0.25) is 0 Å². The Balaban J connectivity index is 2.76. The second kappa shape index (κ2) is 28.2. The smallest absolute Gasteiger partial charge is 0.128 e. The lowest BCUT2D eigenvalue weighted by Crippen LogP contribution is -2.11. The summed E-state index contributed by atoms with van der Waals surface area (Å²) < 4.78 is 0. The molecule has 0 saturated heterocycles. The van der Waals surface area contributed by atoms with Gasteiger partial charge in [0.15, 0.2) is 0 Å². The molecule has 0 saturated carbocycles. The predicted molar refractivity (Wildman–Crippen MR) is 179 cm³/mol. The van der Waals surface area contributed by atoms with Crippen molar-refractivity contribution in [3.8, 4) is 0 Å². The molecular formula is C38H71N2. The number of unbranched alkanes of at least 4 members (excludes halogenated alkanes) is 22. The van der Waals surface area contributed by atoms with E-state index in [0.29, 0.717) is 0 Å². The first-order valence-corrected chi connectivity index (χ1v) is 18.4. The molecule has 2 nitrogen and oxygen atoms in total. The van der Waals surface area contributed by atoms with Gasteiger partial charge in [-0.05, 0) is 50.5 Å². The molecule has 2 heteroatoms. The summed E-state index contributed by atoms with van der Waals surface area (Å²) in [6.07, 6.45) is 39.7. The van der Waals surface area contributed by atoms with Crippen molar-refractivity contribution in [2.24, 2.45) is 0 Å². The van der Waals surface area contributed by atoms with E-state index in [1.165, 1.54) is 172 Å². The van der Waals surface area contributed by atoms with Crippen molar-refractivity contribution in [2.45, 2.75) is 213 Å². The molecule has 0 atom stereocenters. The zero-order valence-corrected chi connectivity index (χ0v) is 27.8. The van der Waals surface area contributed by atoms with E-state index in [9.17, 15) is 0 Å². The summed E-state index contributed by atoms with van der Waals surface area (Å²) in [4.78, 5) is 10.5. The quantitative estimate of drug-likeness (QED) is 0.0882. The molecule has 0 aliphatic heterocycles. The number of hydrogen-bond acceptors (Lipinski definition) is 2. The highest BCUT2D eigenvalue weighted by Crippen LogP contribution is 2.22. The van der Waals surface area contributed by atoms with Crippen LogP contribution in [-0.2, 0) is 25.7 Å². The highest BCUT2D eigenvalue weighted by Gasteiger charge is 2.14. The molecule has 233 valence electrons.